The molecule has 0 bridgehead atoms. The summed E-state index contributed by atoms with van der Waals surface area (Å²) in [6.07, 6.45) is 1.49. The number of benzene rings is 3. The van der Waals surface area contributed by atoms with Crippen molar-refractivity contribution < 1.29 is 18.0 Å². The Labute approximate surface area is 229 Å². The van der Waals surface area contributed by atoms with E-state index in [-0.39, 0.29) is 17.2 Å². The first-order chi connectivity index (χ1) is 18.6. The van der Waals surface area contributed by atoms with Crippen LogP contribution in [0.25, 0.3) is 0 Å². The summed E-state index contributed by atoms with van der Waals surface area (Å²) in [6, 6.07) is 22.9. The predicted octanol–water partition coefficient (Wildman–Crippen LogP) is 5.43. The van der Waals surface area contributed by atoms with Gasteiger partial charge in [-0.2, -0.15) is 4.21 Å². The molecular weight excluding hydrogens is 512 g/mol. The molecule has 8 nitrogen and oxygen atoms in total. The number of amides is 1. The first-order valence-corrected chi connectivity index (χ1v) is 13.4. The van der Waals surface area contributed by atoms with Gasteiger partial charge in [0, 0.05) is 22.6 Å². The number of rotatable bonds is 7. The van der Waals surface area contributed by atoms with Gasteiger partial charge in [-0.15, -0.1) is 4.40 Å². The highest BCUT2D eigenvalue weighted by molar-refractivity contribution is 7.79. The summed E-state index contributed by atoms with van der Waals surface area (Å²) in [7, 11) is 0. The third kappa shape index (κ3) is 5.39. The SMILES string of the molecule is Cc1ccc(C)c(OS(=O)/N=C2/C=C(Nc3ccc(Nc4ccccc4)cc3)C3=C(C2=O)C(C)(C)C(=O)N3)c1. The Morgan fingerprint density at radius 1 is 0.872 bits per heavy atom. The van der Waals surface area contributed by atoms with Crippen LogP contribution in [0, 0.1) is 19.3 Å². The highest BCUT2D eigenvalue weighted by atomic mass is 32.2. The lowest BCUT2D eigenvalue weighted by molar-refractivity contribution is -0.126. The van der Waals surface area contributed by atoms with Gasteiger partial charge < -0.3 is 20.1 Å². The van der Waals surface area contributed by atoms with Crippen LogP contribution in [0.2, 0.25) is 0 Å². The van der Waals surface area contributed by atoms with Gasteiger partial charge in [-0.05, 0) is 87.4 Å². The summed E-state index contributed by atoms with van der Waals surface area (Å²) in [5.41, 5.74) is 4.30. The summed E-state index contributed by atoms with van der Waals surface area (Å²) in [5.74, 6) is -0.352. The maximum Gasteiger partial charge on any atom is 0.339 e. The van der Waals surface area contributed by atoms with E-state index in [1.165, 1.54) is 6.08 Å². The van der Waals surface area contributed by atoms with Crippen LogP contribution >= 0.6 is 0 Å². The molecule has 39 heavy (non-hydrogen) atoms. The fraction of sp³-hybridized carbons (Fsp3) is 0.167. The molecule has 1 heterocycles. The van der Waals surface area contributed by atoms with Crippen LogP contribution in [-0.4, -0.2) is 21.6 Å². The number of anilines is 3. The summed E-state index contributed by atoms with van der Waals surface area (Å²) in [4.78, 5) is 26.2. The zero-order chi connectivity index (χ0) is 27.7. The number of para-hydroxylation sites is 1. The number of carbonyl (C=O) groups is 2. The van der Waals surface area contributed by atoms with Crippen molar-refractivity contribution in [1.29, 1.82) is 0 Å². The van der Waals surface area contributed by atoms with Crippen molar-refractivity contribution in [2.24, 2.45) is 9.81 Å². The molecule has 198 valence electrons. The number of nitrogens with zero attached hydrogens (tertiary/aromatic N) is 1. The summed E-state index contributed by atoms with van der Waals surface area (Å²) in [5, 5.41) is 9.44. The molecule has 0 saturated carbocycles. The first-order valence-electron chi connectivity index (χ1n) is 12.4. The van der Waals surface area contributed by atoms with Gasteiger partial charge in [-0.25, -0.2) is 0 Å². The first kappa shape index (κ1) is 26.1. The number of ketones is 1. The van der Waals surface area contributed by atoms with Crippen molar-refractivity contribution in [3.63, 3.8) is 0 Å². The van der Waals surface area contributed by atoms with Crippen molar-refractivity contribution in [3.05, 3.63) is 107 Å². The maximum absolute atomic E-state index is 13.4. The molecule has 0 saturated heterocycles. The predicted molar refractivity (Wildman–Crippen MR) is 154 cm³/mol. The molecule has 2 aliphatic rings. The molecule has 3 aromatic rings. The highest BCUT2D eigenvalue weighted by Gasteiger charge is 2.48. The molecule has 0 spiro atoms. The number of Topliss-reactive ketones (excluding diaryl/α,β-unsaturated/α-hetero) is 1. The van der Waals surface area contributed by atoms with E-state index in [9.17, 15) is 13.8 Å². The molecule has 1 atom stereocenters. The van der Waals surface area contributed by atoms with E-state index < -0.39 is 22.5 Å². The third-order valence-electron chi connectivity index (χ3n) is 6.60. The van der Waals surface area contributed by atoms with Crippen molar-refractivity contribution in [3.8, 4) is 5.75 Å². The summed E-state index contributed by atoms with van der Waals surface area (Å²) >= 11 is -2.17. The number of aryl methyl sites for hydroxylation is 2. The van der Waals surface area contributed by atoms with Crippen LogP contribution in [0.1, 0.15) is 25.0 Å². The van der Waals surface area contributed by atoms with Gasteiger partial charge in [-0.1, -0.05) is 30.3 Å². The van der Waals surface area contributed by atoms with Crippen LogP contribution in [0.3, 0.4) is 0 Å². The Kier molecular flexibility index (Phi) is 6.93. The molecule has 5 rings (SSSR count). The number of hydrogen-bond acceptors (Lipinski definition) is 6. The molecule has 1 unspecified atom stereocenters. The van der Waals surface area contributed by atoms with Gasteiger partial charge >= 0.3 is 11.3 Å². The number of allylic oxidation sites excluding steroid dienone is 1. The van der Waals surface area contributed by atoms with E-state index in [2.05, 4.69) is 20.3 Å². The fourth-order valence-electron chi connectivity index (χ4n) is 4.38. The second-order valence-electron chi connectivity index (χ2n) is 9.96. The molecule has 1 aliphatic carbocycles. The normalized spacial score (nSPS) is 17.8. The Morgan fingerprint density at radius 2 is 1.51 bits per heavy atom. The molecule has 0 aromatic heterocycles. The van der Waals surface area contributed by atoms with E-state index >= 15 is 0 Å². The lowest BCUT2D eigenvalue weighted by atomic mass is 9.79. The van der Waals surface area contributed by atoms with Crippen LogP contribution in [0.5, 0.6) is 5.75 Å². The minimum Gasteiger partial charge on any atom is -0.383 e. The monoisotopic (exact) mass is 540 g/mol. The minimum atomic E-state index is -2.17. The molecule has 0 radical (unpaired) electrons. The number of hydrogen-bond donors (Lipinski definition) is 3. The fourth-order valence-corrected chi connectivity index (χ4v) is 5.05. The van der Waals surface area contributed by atoms with Gasteiger partial charge in [0.1, 0.15) is 11.5 Å². The van der Waals surface area contributed by atoms with E-state index in [1.807, 2.05) is 80.6 Å². The van der Waals surface area contributed by atoms with Gasteiger partial charge in [0.15, 0.2) is 0 Å². The third-order valence-corrected chi connectivity index (χ3v) is 7.26. The Morgan fingerprint density at radius 3 is 2.21 bits per heavy atom. The van der Waals surface area contributed by atoms with E-state index in [0.29, 0.717) is 17.1 Å². The Hall–Kier alpha value is -4.50. The molecule has 3 N–H and O–H groups in total. The quantitative estimate of drug-likeness (QED) is 0.345. The molecule has 9 heteroatoms. The molecule has 3 aromatic carbocycles. The summed E-state index contributed by atoms with van der Waals surface area (Å²) in [6.45, 7) is 7.09. The molecule has 1 amide bonds. The molecule has 0 fully saturated rings. The standard InChI is InChI=1S/C30H28N4O4S/c1-18-10-11-19(2)25(16-18)38-39(37)34-24-17-23(27-26(28(24)35)30(3,4)29(36)33-27)32-22-14-12-21(13-15-22)31-20-8-6-5-7-9-20/h5-17,31-32H,1-4H3,(H,33,36)/b34-24-. The highest BCUT2D eigenvalue weighted by Crippen LogP contribution is 2.40. The largest absolute Gasteiger partial charge is 0.383 e. The summed E-state index contributed by atoms with van der Waals surface area (Å²) < 4.78 is 22.5. The van der Waals surface area contributed by atoms with E-state index in [0.717, 1.165) is 28.2 Å². The van der Waals surface area contributed by atoms with Crippen molar-refractivity contribution in [2.75, 3.05) is 10.6 Å². The molecular formula is C30H28N4O4S. The van der Waals surface area contributed by atoms with E-state index in [4.69, 9.17) is 4.18 Å². The van der Waals surface area contributed by atoms with Crippen molar-refractivity contribution in [1.82, 2.24) is 5.32 Å². The Bertz CT molecular complexity index is 1590. The zero-order valence-electron chi connectivity index (χ0n) is 22.0. The minimum absolute atomic E-state index is 0.0631. The number of carbonyl (C=O) groups excluding carboxylic acids is 2. The zero-order valence-corrected chi connectivity index (χ0v) is 22.8. The second-order valence-corrected chi connectivity index (χ2v) is 10.7. The average Bonchev–Trinajstić information content (AvgIpc) is 3.15. The van der Waals surface area contributed by atoms with Crippen LogP contribution in [0.15, 0.2) is 100 Å². The van der Waals surface area contributed by atoms with Crippen molar-refractivity contribution >= 4 is 45.7 Å². The van der Waals surface area contributed by atoms with E-state index in [1.54, 1.807) is 19.9 Å². The van der Waals surface area contributed by atoms with Gasteiger partial charge in [0.2, 0.25) is 11.7 Å². The van der Waals surface area contributed by atoms with Crippen LogP contribution < -0.4 is 20.1 Å². The van der Waals surface area contributed by atoms with Gasteiger partial charge in [0.05, 0.1) is 16.8 Å². The smallest absolute Gasteiger partial charge is 0.339 e. The lowest BCUT2D eigenvalue weighted by Crippen LogP contribution is -2.32. The number of nitrogens with one attached hydrogen (secondary N) is 3. The van der Waals surface area contributed by atoms with Crippen LogP contribution in [-0.2, 0) is 20.9 Å². The van der Waals surface area contributed by atoms with Crippen molar-refractivity contribution in [2.45, 2.75) is 27.7 Å². The lowest BCUT2D eigenvalue weighted by Gasteiger charge is -2.22. The topological polar surface area (TPSA) is 109 Å². The maximum atomic E-state index is 13.4. The Balaban J connectivity index is 1.43. The van der Waals surface area contributed by atoms with Gasteiger partial charge in [0.25, 0.3) is 0 Å². The second kappa shape index (κ2) is 10.3. The molecule has 1 aliphatic heterocycles. The van der Waals surface area contributed by atoms with Gasteiger partial charge in [-0.3, -0.25) is 9.59 Å². The average molecular weight is 541 g/mol. The van der Waals surface area contributed by atoms with Crippen LogP contribution in [0.4, 0.5) is 17.1 Å².